The maximum absolute atomic E-state index is 13.0. The monoisotopic (exact) mass is 294 g/mol. The van der Waals surface area contributed by atoms with Crippen LogP contribution in [0.3, 0.4) is 0 Å². The highest BCUT2D eigenvalue weighted by Crippen LogP contribution is 2.40. The fourth-order valence-corrected chi connectivity index (χ4v) is 3.09. The molecule has 5 nitrogen and oxygen atoms in total. The van der Waals surface area contributed by atoms with Crippen molar-refractivity contribution in [2.24, 2.45) is 4.99 Å². The first-order valence-corrected chi connectivity index (χ1v) is 7.05. The van der Waals surface area contributed by atoms with Crippen LogP contribution in [-0.4, -0.2) is 30.4 Å². The summed E-state index contributed by atoms with van der Waals surface area (Å²) in [6.07, 6.45) is 2.53. The van der Waals surface area contributed by atoms with Crippen LogP contribution in [0.15, 0.2) is 41.4 Å². The number of phenols is 1. The van der Waals surface area contributed by atoms with Gasteiger partial charge in [-0.3, -0.25) is 14.7 Å². The highest BCUT2D eigenvalue weighted by Gasteiger charge is 2.36. The molecule has 0 spiro atoms. The highest BCUT2D eigenvalue weighted by molar-refractivity contribution is 6.14. The van der Waals surface area contributed by atoms with Crippen LogP contribution in [0.2, 0.25) is 0 Å². The van der Waals surface area contributed by atoms with Gasteiger partial charge in [-0.05, 0) is 17.7 Å². The number of aliphatic imine (C=N–C) groups is 1. The molecular formula is C17H14N2O3. The molecule has 0 saturated heterocycles. The van der Waals surface area contributed by atoms with Gasteiger partial charge < -0.3 is 9.84 Å². The molecule has 2 aliphatic heterocycles. The number of phenolic OH excluding ortho intramolecular Hbond substituents is 1. The molecule has 1 atom stereocenters. The highest BCUT2D eigenvalue weighted by atomic mass is 16.5. The van der Waals surface area contributed by atoms with Crippen molar-refractivity contribution in [3.05, 3.63) is 47.5 Å². The van der Waals surface area contributed by atoms with Crippen LogP contribution in [-0.2, 0) is 6.42 Å². The first-order valence-electron chi connectivity index (χ1n) is 7.05. The predicted octanol–water partition coefficient (Wildman–Crippen LogP) is 2.69. The number of aromatic hydroxyl groups is 1. The standard InChI is InChI=1S/C17H14N2O3/c1-22-16-7-12-13(8-15(16)20)18-9-11-6-10-4-2-3-5-14(10)19(11)17(12)21/h2-5,7-9,11,20H,6H2,1H3/t11-/m0/s1. The van der Waals surface area contributed by atoms with Gasteiger partial charge in [0.25, 0.3) is 5.91 Å². The van der Waals surface area contributed by atoms with Gasteiger partial charge in [0.15, 0.2) is 11.5 Å². The molecule has 0 aliphatic carbocycles. The predicted molar refractivity (Wildman–Crippen MR) is 83.6 cm³/mol. The van der Waals surface area contributed by atoms with Crippen LogP contribution in [0.1, 0.15) is 15.9 Å². The second-order valence-corrected chi connectivity index (χ2v) is 5.39. The molecule has 22 heavy (non-hydrogen) atoms. The van der Waals surface area contributed by atoms with Gasteiger partial charge in [-0.1, -0.05) is 18.2 Å². The second kappa shape index (κ2) is 4.59. The number of methoxy groups -OCH3 is 1. The molecule has 5 heteroatoms. The zero-order valence-electron chi connectivity index (χ0n) is 12.0. The van der Waals surface area contributed by atoms with Gasteiger partial charge in [0, 0.05) is 24.4 Å². The SMILES string of the molecule is COc1cc2c(cc1O)N=C[C@@H]1Cc3ccccc3N1C2=O. The van der Waals surface area contributed by atoms with E-state index in [1.165, 1.54) is 13.2 Å². The summed E-state index contributed by atoms with van der Waals surface area (Å²) in [4.78, 5) is 19.1. The number of amides is 1. The fraction of sp³-hybridized carbons (Fsp3) is 0.176. The molecule has 0 fully saturated rings. The molecule has 110 valence electrons. The Morgan fingerprint density at radius 3 is 2.95 bits per heavy atom. The van der Waals surface area contributed by atoms with E-state index in [1.54, 1.807) is 17.2 Å². The van der Waals surface area contributed by atoms with Crippen LogP contribution in [0.4, 0.5) is 11.4 Å². The topological polar surface area (TPSA) is 62.1 Å². The third-order valence-electron chi connectivity index (χ3n) is 4.14. The van der Waals surface area contributed by atoms with E-state index in [-0.39, 0.29) is 23.4 Å². The molecule has 1 N–H and O–H groups in total. The third kappa shape index (κ3) is 1.72. The number of hydrogen-bond donors (Lipinski definition) is 1. The van der Waals surface area contributed by atoms with Crippen molar-refractivity contribution in [3.8, 4) is 11.5 Å². The lowest BCUT2D eigenvalue weighted by Crippen LogP contribution is -2.37. The first-order chi connectivity index (χ1) is 10.7. The quantitative estimate of drug-likeness (QED) is 0.879. The Balaban J connectivity index is 1.88. The number of ether oxygens (including phenoxy) is 1. The van der Waals surface area contributed by atoms with Crippen molar-refractivity contribution < 1.29 is 14.6 Å². The molecule has 2 aromatic carbocycles. The Bertz CT molecular complexity index is 814. The molecule has 0 unspecified atom stereocenters. The largest absolute Gasteiger partial charge is 0.504 e. The number of rotatable bonds is 1. The van der Waals surface area contributed by atoms with E-state index in [0.717, 1.165) is 17.7 Å². The molecule has 2 aromatic rings. The Kier molecular flexibility index (Phi) is 2.69. The van der Waals surface area contributed by atoms with Crippen LogP contribution >= 0.6 is 0 Å². The average molecular weight is 294 g/mol. The van der Waals surface area contributed by atoms with Gasteiger partial charge in [-0.15, -0.1) is 0 Å². The van der Waals surface area contributed by atoms with Crippen LogP contribution in [0, 0.1) is 0 Å². The summed E-state index contributed by atoms with van der Waals surface area (Å²) in [6, 6.07) is 10.8. The summed E-state index contributed by atoms with van der Waals surface area (Å²) in [7, 11) is 1.46. The molecule has 0 aromatic heterocycles. The Morgan fingerprint density at radius 2 is 2.14 bits per heavy atom. The van der Waals surface area contributed by atoms with E-state index in [2.05, 4.69) is 4.99 Å². The average Bonchev–Trinajstić information content (AvgIpc) is 2.84. The number of anilines is 1. The summed E-state index contributed by atoms with van der Waals surface area (Å²) in [5, 5.41) is 9.88. The normalized spacial score (nSPS) is 18.5. The lowest BCUT2D eigenvalue weighted by atomic mass is 10.1. The minimum atomic E-state index is -0.124. The van der Waals surface area contributed by atoms with Crippen molar-refractivity contribution in [1.29, 1.82) is 0 Å². The summed E-state index contributed by atoms with van der Waals surface area (Å²) in [6.45, 7) is 0. The van der Waals surface area contributed by atoms with Crippen molar-refractivity contribution in [2.75, 3.05) is 12.0 Å². The Labute approximate surface area is 127 Å². The fourth-order valence-electron chi connectivity index (χ4n) is 3.09. The molecular weight excluding hydrogens is 280 g/mol. The van der Waals surface area contributed by atoms with Gasteiger partial charge in [0.05, 0.1) is 24.4 Å². The smallest absolute Gasteiger partial charge is 0.261 e. The zero-order chi connectivity index (χ0) is 15.3. The third-order valence-corrected chi connectivity index (χ3v) is 4.14. The molecule has 4 rings (SSSR count). The molecule has 2 heterocycles. The van der Waals surface area contributed by atoms with Crippen molar-refractivity contribution >= 4 is 23.5 Å². The molecule has 2 aliphatic rings. The minimum Gasteiger partial charge on any atom is -0.504 e. The summed E-state index contributed by atoms with van der Waals surface area (Å²) in [5.41, 5.74) is 2.96. The summed E-state index contributed by atoms with van der Waals surface area (Å²) in [5.74, 6) is 0.127. The maximum Gasteiger partial charge on any atom is 0.261 e. The van der Waals surface area contributed by atoms with E-state index >= 15 is 0 Å². The molecule has 1 amide bonds. The van der Waals surface area contributed by atoms with Crippen LogP contribution < -0.4 is 9.64 Å². The lowest BCUT2D eigenvalue weighted by Gasteiger charge is -2.21. The number of carbonyl (C=O) groups excluding carboxylic acids is 1. The van der Waals surface area contributed by atoms with Gasteiger partial charge >= 0.3 is 0 Å². The molecule has 0 bridgehead atoms. The number of nitrogens with zero attached hydrogens (tertiary/aromatic N) is 2. The summed E-state index contributed by atoms with van der Waals surface area (Å²) < 4.78 is 5.11. The van der Waals surface area contributed by atoms with Crippen molar-refractivity contribution in [2.45, 2.75) is 12.5 Å². The second-order valence-electron chi connectivity index (χ2n) is 5.39. The zero-order valence-corrected chi connectivity index (χ0v) is 12.0. The van der Waals surface area contributed by atoms with Crippen molar-refractivity contribution in [1.82, 2.24) is 0 Å². The van der Waals surface area contributed by atoms with Crippen LogP contribution in [0.5, 0.6) is 11.5 Å². The minimum absolute atomic E-state index is 0.0198. The Morgan fingerprint density at radius 1 is 1.32 bits per heavy atom. The van der Waals surface area contributed by atoms with Gasteiger partial charge in [-0.25, -0.2) is 0 Å². The number of para-hydroxylation sites is 1. The molecule has 0 saturated carbocycles. The van der Waals surface area contributed by atoms with Gasteiger partial charge in [0.2, 0.25) is 0 Å². The summed E-state index contributed by atoms with van der Waals surface area (Å²) >= 11 is 0. The Hall–Kier alpha value is -2.82. The van der Waals surface area contributed by atoms with E-state index in [0.29, 0.717) is 11.3 Å². The van der Waals surface area contributed by atoms with Crippen molar-refractivity contribution in [3.63, 3.8) is 0 Å². The van der Waals surface area contributed by atoms with E-state index in [1.807, 2.05) is 24.3 Å². The maximum atomic E-state index is 13.0. The number of benzene rings is 2. The first kappa shape index (κ1) is 12.9. The van der Waals surface area contributed by atoms with Crippen LogP contribution in [0.25, 0.3) is 0 Å². The van der Waals surface area contributed by atoms with E-state index < -0.39 is 0 Å². The number of fused-ring (bicyclic) bond motifs is 4. The van der Waals surface area contributed by atoms with E-state index in [4.69, 9.17) is 4.74 Å². The lowest BCUT2D eigenvalue weighted by molar-refractivity contribution is 0.0987. The van der Waals surface area contributed by atoms with Gasteiger partial charge in [-0.2, -0.15) is 0 Å². The number of carbonyl (C=O) groups is 1. The molecule has 0 radical (unpaired) electrons. The van der Waals surface area contributed by atoms with Gasteiger partial charge in [0.1, 0.15) is 0 Å². The van der Waals surface area contributed by atoms with E-state index in [9.17, 15) is 9.90 Å². The number of hydrogen-bond acceptors (Lipinski definition) is 4.